The molecule has 3 rings (SSSR count). The molecule has 1 heterocycles. The summed E-state index contributed by atoms with van der Waals surface area (Å²) in [6.07, 6.45) is 0. The highest BCUT2D eigenvalue weighted by Crippen LogP contribution is 2.38. The fourth-order valence-corrected chi connectivity index (χ4v) is 2.87. The van der Waals surface area contributed by atoms with Crippen LogP contribution in [-0.4, -0.2) is 28.7 Å². The summed E-state index contributed by atoms with van der Waals surface area (Å²) in [6, 6.07) is 10.9. The molecule has 122 valence electrons. The van der Waals surface area contributed by atoms with E-state index < -0.39 is 23.5 Å². The number of hydrogen-bond donors (Lipinski definition) is 1. The predicted octanol–water partition coefficient (Wildman–Crippen LogP) is 3.53. The third kappa shape index (κ3) is 2.67. The molecule has 1 N–H and O–H groups in total. The van der Waals surface area contributed by atoms with Crippen LogP contribution in [0.1, 0.15) is 17.2 Å². The third-order valence-electron chi connectivity index (χ3n) is 3.98. The van der Waals surface area contributed by atoms with Crippen LogP contribution in [0.4, 0.5) is 4.39 Å². The molecule has 6 heteroatoms. The number of nitrogens with zero attached hydrogens (tertiary/aromatic N) is 1. The first-order valence-corrected chi connectivity index (χ1v) is 7.54. The van der Waals surface area contributed by atoms with Crippen LogP contribution in [0.15, 0.2) is 54.1 Å². The lowest BCUT2D eigenvalue weighted by molar-refractivity contribution is -0.139. The minimum atomic E-state index is -0.778. The number of carbonyl (C=O) groups is 2. The fraction of sp³-hybridized carbons (Fsp3) is 0.111. The molecule has 2 aromatic carbocycles. The SMILES string of the molecule is CN1C(=O)C(=O)/C(=C(/O)c2ccc(Cl)cc2)[C@H]1c1ccc(F)cc1. The van der Waals surface area contributed by atoms with E-state index >= 15 is 0 Å². The van der Waals surface area contributed by atoms with Crippen LogP contribution >= 0.6 is 11.6 Å². The molecule has 0 radical (unpaired) electrons. The smallest absolute Gasteiger partial charge is 0.295 e. The van der Waals surface area contributed by atoms with E-state index in [1.165, 1.54) is 36.2 Å². The van der Waals surface area contributed by atoms with Crippen LogP contribution in [0.3, 0.4) is 0 Å². The lowest BCUT2D eigenvalue weighted by Gasteiger charge is -2.21. The van der Waals surface area contributed by atoms with Gasteiger partial charge in [0.1, 0.15) is 11.6 Å². The number of hydrogen-bond acceptors (Lipinski definition) is 3. The first-order chi connectivity index (χ1) is 11.4. The maximum atomic E-state index is 13.2. The zero-order chi connectivity index (χ0) is 17.4. The molecular formula is C18H13ClFNO3. The van der Waals surface area contributed by atoms with Gasteiger partial charge < -0.3 is 10.0 Å². The molecule has 0 spiro atoms. The van der Waals surface area contributed by atoms with Gasteiger partial charge in [-0.25, -0.2) is 4.39 Å². The summed E-state index contributed by atoms with van der Waals surface area (Å²) < 4.78 is 13.2. The summed E-state index contributed by atoms with van der Waals surface area (Å²) in [5.74, 6) is -2.22. The number of ketones is 1. The number of carbonyl (C=O) groups excluding carboxylic acids is 2. The monoisotopic (exact) mass is 345 g/mol. The molecule has 4 nitrogen and oxygen atoms in total. The number of benzene rings is 2. The zero-order valence-corrected chi connectivity index (χ0v) is 13.4. The van der Waals surface area contributed by atoms with Gasteiger partial charge in [-0.3, -0.25) is 9.59 Å². The lowest BCUT2D eigenvalue weighted by Crippen LogP contribution is -2.24. The number of aliphatic hydroxyl groups excluding tert-OH is 1. The van der Waals surface area contributed by atoms with Crippen LogP contribution in [-0.2, 0) is 9.59 Å². The average molecular weight is 346 g/mol. The van der Waals surface area contributed by atoms with E-state index in [0.717, 1.165) is 0 Å². The zero-order valence-electron chi connectivity index (χ0n) is 12.7. The van der Waals surface area contributed by atoms with Gasteiger partial charge in [-0.15, -0.1) is 0 Å². The van der Waals surface area contributed by atoms with Crippen molar-refractivity contribution in [2.75, 3.05) is 7.05 Å². The van der Waals surface area contributed by atoms with Crippen LogP contribution < -0.4 is 0 Å². The van der Waals surface area contributed by atoms with Gasteiger partial charge in [-0.2, -0.15) is 0 Å². The molecule has 2 aromatic rings. The Hall–Kier alpha value is -2.66. The van der Waals surface area contributed by atoms with Gasteiger partial charge >= 0.3 is 0 Å². The Labute approximate surface area is 142 Å². The second kappa shape index (κ2) is 6.09. The Morgan fingerprint density at radius 2 is 1.67 bits per heavy atom. The Morgan fingerprint density at radius 1 is 1.08 bits per heavy atom. The van der Waals surface area contributed by atoms with Crippen molar-refractivity contribution in [2.24, 2.45) is 0 Å². The number of aliphatic hydroxyl groups is 1. The first kappa shape index (κ1) is 16.2. The van der Waals surface area contributed by atoms with E-state index in [1.807, 2.05) is 0 Å². The second-order valence-corrected chi connectivity index (χ2v) is 5.90. The Bertz CT molecular complexity index is 844. The lowest BCUT2D eigenvalue weighted by atomic mass is 9.95. The highest BCUT2D eigenvalue weighted by molar-refractivity contribution is 6.46. The maximum Gasteiger partial charge on any atom is 0.295 e. The van der Waals surface area contributed by atoms with Gasteiger partial charge in [-0.1, -0.05) is 23.7 Å². The summed E-state index contributed by atoms with van der Waals surface area (Å²) in [5.41, 5.74) is 0.878. The molecule has 1 saturated heterocycles. The normalized spacial score (nSPS) is 19.8. The van der Waals surface area contributed by atoms with E-state index in [2.05, 4.69) is 0 Å². The summed E-state index contributed by atoms with van der Waals surface area (Å²) in [7, 11) is 1.47. The number of Topliss-reactive ketones (excluding diaryl/α,β-unsaturated/α-hetero) is 1. The van der Waals surface area contributed by atoms with E-state index in [-0.39, 0.29) is 11.3 Å². The van der Waals surface area contributed by atoms with Crippen molar-refractivity contribution >= 4 is 29.1 Å². The fourth-order valence-electron chi connectivity index (χ4n) is 2.75. The van der Waals surface area contributed by atoms with Gasteiger partial charge in [0, 0.05) is 17.6 Å². The number of amides is 1. The standard InChI is InChI=1S/C18H13ClFNO3/c1-21-15(10-4-8-13(20)9-5-10)14(17(23)18(21)24)16(22)11-2-6-12(19)7-3-11/h2-9,15,22H,1H3/b16-14+/t15-/m1/s1. The quantitative estimate of drug-likeness (QED) is 0.514. The Kier molecular flexibility index (Phi) is 4.11. The molecule has 1 atom stereocenters. The van der Waals surface area contributed by atoms with Gasteiger partial charge in [-0.05, 0) is 42.0 Å². The van der Waals surface area contributed by atoms with Crippen molar-refractivity contribution in [1.82, 2.24) is 4.90 Å². The highest BCUT2D eigenvalue weighted by atomic mass is 35.5. The summed E-state index contributed by atoms with van der Waals surface area (Å²) >= 11 is 5.83. The number of rotatable bonds is 2. The molecule has 1 fully saturated rings. The van der Waals surface area contributed by atoms with Gasteiger partial charge in [0.25, 0.3) is 11.7 Å². The molecule has 24 heavy (non-hydrogen) atoms. The topological polar surface area (TPSA) is 57.6 Å². The minimum Gasteiger partial charge on any atom is -0.507 e. The Morgan fingerprint density at radius 3 is 2.25 bits per heavy atom. The van der Waals surface area contributed by atoms with Crippen molar-refractivity contribution in [1.29, 1.82) is 0 Å². The molecule has 0 aliphatic carbocycles. The van der Waals surface area contributed by atoms with Gasteiger partial charge in [0.2, 0.25) is 0 Å². The van der Waals surface area contributed by atoms with Crippen molar-refractivity contribution in [3.63, 3.8) is 0 Å². The van der Waals surface area contributed by atoms with Crippen molar-refractivity contribution in [3.05, 3.63) is 76.1 Å². The average Bonchev–Trinajstić information content (AvgIpc) is 2.80. The van der Waals surface area contributed by atoms with Crippen LogP contribution in [0.25, 0.3) is 5.76 Å². The van der Waals surface area contributed by atoms with Gasteiger partial charge in [0.05, 0.1) is 11.6 Å². The molecule has 0 aromatic heterocycles. The highest BCUT2D eigenvalue weighted by Gasteiger charge is 2.44. The molecule has 0 saturated carbocycles. The second-order valence-electron chi connectivity index (χ2n) is 5.47. The number of likely N-dealkylation sites (N-methyl/N-ethyl adjacent to an activating group) is 1. The molecule has 0 bridgehead atoms. The molecule has 1 aliphatic heterocycles. The largest absolute Gasteiger partial charge is 0.507 e. The summed E-state index contributed by atoms with van der Waals surface area (Å²) in [6.45, 7) is 0. The van der Waals surface area contributed by atoms with Crippen molar-refractivity contribution in [2.45, 2.75) is 6.04 Å². The first-order valence-electron chi connectivity index (χ1n) is 7.16. The Balaban J connectivity index is 2.16. The van der Waals surface area contributed by atoms with Crippen LogP contribution in [0, 0.1) is 5.82 Å². The van der Waals surface area contributed by atoms with Gasteiger partial charge in [0.15, 0.2) is 0 Å². The predicted molar refractivity (Wildman–Crippen MR) is 87.9 cm³/mol. The summed E-state index contributed by atoms with van der Waals surface area (Å²) in [5, 5.41) is 11.1. The van der Waals surface area contributed by atoms with Crippen molar-refractivity contribution in [3.8, 4) is 0 Å². The van der Waals surface area contributed by atoms with Crippen molar-refractivity contribution < 1.29 is 19.1 Å². The summed E-state index contributed by atoms with van der Waals surface area (Å²) in [4.78, 5) is 25.7. The van der Waals surface area contributed by atoms with E-state index in [4.69, 9.17) is 11.6 Å². The molecule has 0 unspecified atom stereocenters. The molecular weight excluding hydrogens is 333 g/mol. The van der Waals surface area contributed by atoms with E-state index in [0.29, 0.717) is 16.1 Å². The third-order valence-corrected chi connectivity index (χ3v) is 4.23. The maximum absolute atomic E-state index is 13.2. The molecule has 1 amide bonds. The van der Waals surface area contributed by atoms with E-state index in [1.54, 1.807) is 24.3 Å². The number of likely N-dealkylation sites (tertiary alicyclic amines) is 1. The van der Waals surface area contributed by atoms with Crippen LogP contribution in [0.5, 0.6) is 0 Å². The van der Waals surface area contributed by atoms with Crippen LogP contribution in [0.2, 0.25) is 5.02 Å². The molecule has 1 aliphatic rings. The minimum absolute atomic E-state index is 0.0311. The number of halogens is 2. The van der Waals surface area contributed by atoms with E-state index in [9.17, 15) is 19.1 Å².